The van der Waals surface area contributed by atoms with Gasteiger partial charge in [-0.05, 0) is 49.9 Å². The lowest BCUT2D eigenvalue weighted by Crippen LogP contribution is -2.46. The second-order valence-corrected chi connectivity index (χ2v) is 7.87. The summed E-state index contributed by atoms with van der Waals surface area (Å²) < 4.78 is 28.6. The number of ether oxygens (including phenoxy) is 1. The van der Waals surface area contributed by atoms with Crippen molar-refractivity contribution in [1.29, 1.82) is 0 Å². The SMILES string of the molecule is Cc1cc(C(=O)NCC2(C(=O)O)CCOCC2)cc(S(N)(=O)=O)c1C. The fraction of sp³-hybridized carbons (Fsp3) is 0.500. The van der Waals surface area contributed by atoms with E-state index in [0.717, 1.165) is 0 Å². The van der Waals surface area contributed by atoms with Gasteiger partial charge in [-0.25, -0.2) is 13.6 Å². The number of nitrogens with two attached hydrogens (primary N) is 1. The molecule has 138 valence electrons. The van der Waals surface area contributed by atoms with Crippen LogP contribution < -0.4 is 10.5 Å². The molecule has 1 amide bonds. The Morgan fingerprint density at radius 1 is 1.28 bits per heavy atom. The molecule has 1 aromatic carbocycles. The van der Waals surface area contributed by atoms with Crippen LogP contribution in [0, 0.1) is 19.3 Å². The highest BCUT2D eigenvalue weighted by Gasteiger charge is 2.40. The average molecular weight is 370 g/mol. The number of aryl methyl sites for hydroxylation is 1. The zero-order valence-electron chi connectivity index (χ0n) is 14.2. The molecule has 4 N–H and O–H groups in total. The largest absolute Gasteiger partial charge is 0.481 e. The smallest absolute Gasteiger partial charge is 0.311 e. The minimum Gasteiger partial charge on any atom is -0.481 e. The molecule has 0 radical (unpaired) electrons. The van der Waals surface area contributed by atoms with Crippen LogP contribution in [0.2, 0.25) is 0 Å². The first-order valence-electron chi connectivity index (χ1n) is 7.80. The molecule has 1 aromatic rings. The third kappa shape index (κ3) is 4.17. The van der Waals surface area contributed by atoms with Gasteiger partial charge < -0.3 is 15.2 Å². The highest BCUT2D eigenvalue weighted by molar-refractivity contribution is 7.89. The van der Waals surface area contributed by atoms with Crippen molar-refractivity contribution < 1.29 is 27.9 Å². The average Bonchev–Trinajstić information content (AvgIpc) is 2.54. The van der Waals surface area contributed by atoms with Crippen LogP contribution in [-0.2, 0) is 19.6 Å². The molecule has 0 unspecified atom stereocenters. The second kappa shape index (κ2) is 7.11. The van der Waals surface area contributed by atoms with E-state index in [1.807, 2.05) is 0 Å². The lowest BCUT2D eigenvalue weighted by molar-refractivity contribution is -0.154. The highest BCUT2D eigenvalue weighted by atomic mass is 32.2. The van der Waals surface area contributed by atoms with Gasteiger partial charge in [-0.3, -0.25) is 9.59 Å². The van der Waals surface area contributed by atoms with Gasteiger partial charge in [-0.15, -0.1) is 0 Å². The summed E-state index contributed by atoms with van der Waals surface area (Å²) in [5.74, 6) is -1.53. The Balaban J connectivity index is 2.24. The van der Waals surface area contributed by atoms with E-state index >= 15 is 0 Å². The minimum atomic E-state index is -3.96. The molecule has 8 nitrogen and oxygen atoms in total. The third-order valence-corrected chi connectivity index (χ3v) is 5.72. The maximum absolute atomic E-state index is 12.4. The van der Waals surface area contributed by atoms with Crippen LogP contribution in [0.15, 0.2) is 17.0 Å². The van der Waals surface area contributed by atoms with E-state index in [9.17, 15) is 23.1 Å². The molecule has 25 heavy (non-hydrogen) atoms. The maximum atomic E-state index is 12.4. The Labute approximate surface area is 146 Å². The van der Waals surface area contributed by atoms with E-state index in [0.29, 0.717) is 37.2 Å². The number of carboxylic acids is 1. The van der Waals surface area contributed by atoms with Crippen LogP contribution in [0.4, 0.5) is 0 Å². The molecule has 0 atom stereocenters. The van der Waals surface area contributed by atoms with Crippen molar-refractivity contribution in [1.82, 2.24) is 5.32 Å². The van der Waals surface area contributed by atoms with Crippen LogP contribution in [0.3, 0.4) is 0 Å². The Kier molecular flexibility index (Phi) is 5.50. The lowest BCUT2D eigenvalue weighted by Gasteiger charge is -2.33. The number of benzene rings is 1. The van der Waals surface area contributed by atoms with E-state index in [2.05, 4.69) is 5.32 Å². The molecule has 1 aliphatic rings. The van der Waals surface area contributed by atoms with E-state index in [-0.39, 0.29) is 17.0 Å². The molecular weight excluding hydrogens is 348 g/mol. The van der Waals surface area contributed by atoms with E-state index in [4.69, 9.17) is 9.88 Å². The molecule has 1 heterocycles. The van der Waals surface area contributed by atoms with Crippen LogP contribution in [0.5, 0.6) is 0 Å². The maximum Gasteiger partial charge on any atom is 0.311 e. The summed E-state index contributed by atoms with van der Waals surface area (Å²) in [6, 6.07) is 2.77. The number of rotatable bonds is 5. The number of hydrogen-bond acceptors (Lipinski definition) is 5. The normalized spacial score (nSPS) is 17.1. The predicted octanol–water partition coefficient (Wildman–Crippen LogP) is 0.562. The number of sulfonamides is 1. The number of amides is 1. The number of carboxylic acid groups (broad SMARTS) is 1. The summed E-state index contributed by atoms with van der Waals surface area (Å²) in [5, 5.41) is 17.3. The number of nitrogens with one attached hydrogen (secondary N) is 1. The summed E-state index contributed by atoms with van der Waals surface area (Å²) in [4.78, 5) is 23.9. The molecule has 0 bridgehead atoms. The van der Waals surface area contributed by atoms with Crippen molar-refractivity contribution in [2.45, 2.75) is 31.6 Å². The fourth-order valence-corrected chi connectivity index (χ4v) is 3.71. The molecule has 0 saturated carbocycles. The van der Waals surface area contributed by atoms with Gasteiger partial charge in [-0.1, -0.05) is 0 Å². The lowest BCUT2D eigenvalue weighted by atomic mass is 9.80. The van der Waals surface area contributed by atoms with Crippen LogP contribution in [-0.4, -0.2) is 45.2 Å². The fourth-order valence-electron chi connectivity index (χ4n) is 2.83. The standard InChI is InChI=1S/C16H22N2O6S/c1-10-7-12(8-13(11(10)2)25(17,22)23)14(19)18-9-16(15(20)21)3-5-24-6-4-16/h7-8H,3-6,9H2,1-2H3,(H,18,19)(H,20,21)(H2,17,22,23). The van der Waals surface area contributed by atoms with Crippen molar-refractivity contribution >= 4 is 21.9 Å². The summed E-state index contributed by atoms with van der Waals surface area (Å²) in [7, 11) is -3.96. The zero-order chi connectivity index (χ0) is 18.8. The molecule has 1 fully saturated rings. The van der Waals surface area contributed by atoms with Crippen molar-refractivity contribution in [2.24, 2.45) is 10.6 Å². The molecule has 1 aliphatic heterocycles. The first kappa shape index (κ1) is 19.4. The Morgan fingerprint density at radius 2 is 1.88 bits per heavy atom. The molecular formula is C16H22N2O6S. The Morgan fingerprint density at radius 3 is 2.40 bits per heavy atom. The zero-order valence-corrected chi connectivity index (χ0v) is 15.0. The van der Waals surface area contributed by atoms with Gasteiger partial charge in [0.05, 0.1) is 10.3 Å². The predicted molar refractivity (Wildman–Crippen MR) is 89.7 cm³/mol. The summed E-state index contributed by atoms with van der Waals surface area (Å²) in [6.45, 7) is 3.88. The van der Waals surface area contributed by atoms with E-state index in [1.165, 1.54) is 6.07 Å². The summed E-state index contributed by atoms with van der Waals surface area (Å²) >= 11 is 0. The molecule has 9 heteroatoms. The van der Waals surface area contributed by atoms with Crippen molar-refractivity contribution in [3.8, 4) is 0 Å². The van der Waals surface area contributed by atoms with Gasteiger partial charge in [0.1, 0.15) is 0 Å². The van der Waals surface area contributed by atoms with Gasteiger partial charge in [-0.2, -0.15) is 0 Å². The summed E-state index contributed by atoms with van der Waals surface area (Å²) in [6.07, 6.45) is 0.607. The van der Waals surface area contributed by atoms with E-state index in [1.54, 1.807) is 19.9 Å². The van der Waals surface area contributed by atoms with Crippen molar-refractivity contribution in [2.75, 3.05) is 19.8 Å². The monoisotopic (exact) mass is 370 g/mol. The van der Waals surface area contributed by atoms with Crippen molar-refractivity contribution in [3.63, 3.8) is 0 Å². The quantitative estimate of drug-likeness (QED) is 0.693. The van der Waals surface area contributed by atoms with Crippen LogP contribution in [0.25, 0.3) is 0 Å². The highest BCUT2D eigenvalue weighted by Crippen LogP contribution is 2.30. The molecule has 2 rings (SSSR count). The number of carbonyl (C=O) groups excluding carboxylic acids is 1. The number of primary sulfonamides is 1. The summed E-state index contributed by atoms with van der Waals surface area (Å²) in [5.41, 5.74) is 0.136. The van der Waals surface area contributed by atoms with E-state index < -0.39 is 27.3 Å². The molecule has 0 aliphatic carbocycles. The van der Waals surface area contributed by atoms with Gasteiger partial charge in [0.25, 0.3) is 5.91 Å². The van der Waals surface area contributed by atoms with Gasteiger partial charge in [0.2, 0.25) is 10.0 Å². The van der Waals surface area contributed by atoms with Gasteiger partial charge >= 0.3 is 5.97 Å². The first-order valence-corrected chi connectivity index (χ1v) is 9.35. The minimum absolute atomic E-state index is 0.0534. The number of aliphatic carboxylic acids is 1. The Bertz CT molecular complexity index is 797. The number of hydrogen-bond donors (Lipinski definition) is 3. The van der Waals surface area contributed by atoms with Crippen molar-refractivity contribution in [3.05, 3.63) is 28.8 Å². The number of carbonyl (C=O) groups is 2. The van der Waals surface area contributed by atoms with Gasteiger partial charge in [0, 0.05) is 25.3 Å². The van der Waals surface area contributed by atoms with Crippen LogP contribution in [0.1, 0.15) is 34.3 Å². The Hall–Kier alpha value is -1.97. The van der Waals surface area contributed by atoms with Crippen LogP contribution >= 0.6 is 0 Å². The first-order chi connectivity index (χ1) is 11.6. The van der Waals surface area contributed by atoms with Gasteiger partial charge in [0.15, 0.2) is 0 Å². The molecule has 1 saturated heterocycles. The molecule has 0 aromatic heterocycles. The third-order valence-electron chi connectivity index (χ3n) is 4.68. The second-order valence-electron chi connectivity index (χ2n) is 6.34. The topological polar surface area (TPSA) is 136 Å². The molecule has 0 spiro atoms.